The minimum atomic E-state index is 0.0326. The molecule has 0 bridgehead atoms. The summed E-state index contributed by atoms with van der Waals surface area (Å²) < 4.78 is 2.03. The molecule has 1 N–H and O–H groups in total. The Hall–Kier alpha value is -0.870. The second-order valence-corrected chi connectivity index (χ2v) is 6.95. The molecular weight excluding hydrogens is 250 g/mol. The fourth-order valence-electron chi connectivity index (χ4n) is 3.01. The molecule has 0 atom stereocenters. The van der Waals surface area contributed by atoms with E-state index >= 15 is 0 Å². The van der Waals surface area contributed by atoms with Crippen molar-refractivity contribution in [3.63, 3.8) is 0 Å². The molecule has 1 aliphatic carbocycles. The summed E-state index contributed by atoms with van der Waals surface area (Å²) in [4.78, 5) is 2.43. The first-order valence-electron chi connectivity index (χ1n) is 7.89. The second kappa shape index (κ2) is 6.72. The molecule has 0 spiro atoms. The molecule has 0 aromatic carbocycles. The topological polar surface area (TPSA) is 41.3 Å². The highest BCUT2D eigenvalue weighted by Crippen LogP contribution is 2.24. The van der Waals surface area contributed by atoms with Gasteiger partial charge in [0.2, 0.25) is 0 Å². The number of aliphatic hydroxyl groups is 1. The fourth-order valence-corrected chi connectivity index (χ4v) is 3.01. The summed E-state index contributed by atoms with van der Waals surface area (Å²) >= 11 is 0. The van der Waals surface area contributed by atoms with E-state index in [1.165, 1.54) is 37.7 Å². The van der Waals surface area contributed by atoms with Crippen LogP contribution in [0.25, 0.3) is 0 Å². The molecule has 1 fully saturated rings. The lowest BCUT2D eigenvalue weighted by Crippen LogP contribution is -2.38. The summed E-state index contributed by atoms with van der Waals surface area (Å²) in [5.41, 5.74) is 1.28. The van der Waals surface area contributed by atoms with Crippen LogP contribution in [0.1, 0.15) is 58.4 Å². The molecule has 0 saturated heterocycles. The molecule has 4 nitrogen and oxygen atoms in total. The summed E-state index contributed by atoms with van der Waals surface area (Å²) in [5, 5.41) is 13.8. The normalized spacial score (nSPS) is 17.9. The van der Waals surface area contributed by atoms with Crippen LogP contribution in [-0.2, 0) is 12.1 Å². The van der Waals surface area contributed by atoms with Crippen molar-refractivity contribution in [3.05, 3.63) is 18.0 Å². The zero-order valence-electron chi connectivity index (χ0n) is 13.2. The Labute approximate surface area is 122 Å². The van der Waals surface area contributed by atoms with Crippen LogP contribution in [-0.4, -0.2) is 39.0 Å². The summed E-state index contributed by atoms with van der Waals surface area (Å²) in [6.45, 7) is 8.40. The van der Waals surface area contributed by atoms with Gasteiger partial charge in [0.25, 0.3) is 0 Å². The van der Waals surface area contributed by atoms with E-state index < -0.39 is 0 Å². The van der Waals surface area contributed by atoms with Crippen LogP contribution in [0, 0.1) is 0 Å². The minimum Gasteiger partial charge on any atom is -0.395 e. The van der Waals surface area contributed by atoms with Crippen molar-refractivity contribution in [1.82, 2.24) is 14.7 Å². The predicted molar refractivity (Wildman–Crippen MR) is 81.6 cm³/mol. The van der Waals surface area contributed by atoms with E-state index in [1.54, 1.807) is 0 Å². The van der Waals surface area contributed by atoms with Crippen molar-refractivity contribution in [2.45, 2.75) is 71.0 Å². The van der Waals surface area contributed by atoms with Crippen molar-refractivity contribution in [3.8, 4) is 0 Å². The van der Waals surface area contributed by atoms with Gasteiger partial charge in [-0.1, -0.05) is 19.3 Å². The average molecular weight is 279 g/mol. The van der Waals surface area contributed by atoms with Crippen LogP contribution in [0.3, 0.4) is 0 Å². The van der Waals surface area contributed by atoms with E-state index in [-0.39, 0.29) is 12.1 Å². The van der Waals surface area contributed by atoms with Gasteiger partial charge in [-0.05, 0) is 33.6 Å². The summed E-state index contributed by atoms with van der Waals surface area (Å²) in [5.74, 6) is 0. The number of aromatic nitrogens is 2. The summed E-state index contributed by atoms with van der Waals surface area (Å²) in [6, 6.07) is 0.633. The number of hydrogen-bond donors (Lipinski definition) is 1. The first kappa shape index (κ1) is 15.5. The Bertz CT molecular complexity index is 402. The van der Waals surface area contributed by atoms with Crippen LogP contribution in [0.5, 0.6) is 0 Å². The minimum absolute atomic E-state index is 0.0326. The summed E-state index contributed by atoms with van der Waals surface area (Å²) in [6.07, 6.45) is 10.7. The van der Waals surface area contributed by atoms with Crippen LogP contribution in [0.2, 0.25) is 0 Å². The van der Waals surface area contributed by atoms with Crippen LogP contribution >= 0.6 is 0 Å². The molecule has 2 rings (SSSR count). The zero-order chi connectivity index (χ0) is 14.6. The van der Waals surface area contributed by atoms with Gasteiger partial charge in [-0.3, -0.25) is 9.58 Å². The maximum Gasteiger partial charge on any atom is 0.0558 e. The standard InChI is InChI=1S/C16H29N3O/c1-16(2,3)19-13-14(11-17-19)12-18(9-10-20)15-7-5-4-6-8-15/h11,13,15,20H,4-10,12H2,1-3H3. The van der Waals surface area contributed by atoms with Gasteiger partial charge < -0.3 is 5.11 Å². The van der Waals surface area contributed by atoms with Gasteiger partial charge in [-0.25, -0.2) is 0 Å². The highest BCUT2D eigenvalue weighted by atomic mass is 16.3. The van der Waals surface area contributed by atoms with E-state index in [2.05, 4.69) is 37.0 Å². The maximum absolute atomic E-state index is 9.32. The molecule has 20 heavy (non-hydrogen) atoms. The molecule has 1 aromatic rings. The number of aliphatic hydroxyl groups excluding tert-OH is 1. The van der Waals surface area contributed by atoms with Crippen molar-refractivity contribution in [1.29, 1.82) is 0 Å². The highest BCUT2D eigenvalue weighted by molar-refractivity contribution is 5.05. The van der Waals surface area contributed by atoms with Gasteiger partial charge >= 0.3 is 0 Å². The van der Waals surface area contributed by atoms with Crippen LogP contribution in [0.4, 0.5) is 0 Å². The van der Waals surface area contributed by atoms with Crippen LogP contribution in [0.15, 0.2) is 12.4 Å². The van der Waals surface area contributed by atoms with Gasteiger partial charge in [0.1, 0.15) is 0 Å². The van der Waals surface area contributed by atoms with E-state index in [4.69, 9.17) is 0 Å². The molecule has 0 amide bonds. The Balaban J connectivity index is 2.01. The van der Waals surface area contributed by atoms with Gasteiger partial charge in [-0.2, -0.15) is 5.10 Å². The lowest BCUT2D eigenvalue weighted by atomic mass is 9.94. The Morgan fingerprint density at radius 1 is 1.30 bits per heavy atom. The van der Waals surface area contributed by atoms with Gasteiger partial charge in [-0.15, -0.1) is 0 Å². The second-order valence-electron chi connectivity index (χ2n) is 6.95. The Kier molecular flexibility index (Phi) is 5.22. The smallest absolute Gasteiger partial charge is 0.0558 e. The predicted octanol–water partition coefficient (Wildman–Crippen LogP) is 2.77. The number of hydrogen-bond acceptors (Lipinski definition) is 3. The lowest BCUT2D eigenvalue weighted by molar-refractivity contribution is 0.117. The fraction of sp³-hybridized carbons (Fsp3) is 0.812. The van der Waals surface area contributed by atoms with E-state index in [0.29, 0.717) is 6.04 Å². The average Bonchev–Trinajstić information content (AvgIpc) is 2.88. The van der Waals surface area contributed by atoms with E-state index in [1.807, 2.05) is 10.9 Å². The van der Waals surface area contributed by atoms with Gasteiger partial charge in [0.05, 0.1) is 18.3 Å². The monoisotopic (exact) mass is 279 g/mol. The van der Waals surface area contributed by atoms with Gasteiger partial charge in [0.15, 0.2) is 0 Å². The molecule has 0 aliphatic heterocycles. The van der Waals surface area contributed by atoms with Crippen molar-refractivity contribution in [2.75, 3.05) is 13.2 Å². The molecule has 0 radical (unpaired) electrons. The quantitative estimate of drug-likeness (QED) is 0.901. The molecule has 1 saturated carbocycles. The molecule has 4 heteroatoms. The largest absolute Gasteiger partial charge is 0.395 e. The lowest BCUT2D eigenvalue weighted by Gasteiger charge is -2.33. The van der Waals surface area contributed by atoms with Crippen molar-refractivity contribution < 1.29 is 5.11 Å². The first-order chi connectivity index (χ1) is 9.50. The molecule has 1 heterocycles. The number of nitrogens with zero attached hydrogens (tertiary/aromatic N) is 3. The maximum atomic E-state index is 9.32. The zero-order valence-corrected chi connectivity index (χ0v) is 13.2. The Morgan fingerprint density at radius 2 is 2.00 bits per heavy atom. The third-order valence-electron chi connectivity index (χ3n) is 4.19. The Morgan fingerprint density at radius 3 is 2.55 bits per heavy atom. The van der Waals surface area contributed by atoms with E-state index in [0.717, 1.165) is 13.1 Å². The van der Waals surface area contributed by atoms with Gasteiger partial charge in [0, 0.05) is 30.9 Å². The number of rotatable bonds is 5. The first-order valence-corrected chi connectivity index (χ1v) is 7.89. The van der Waals surface area contributed by atoms with Crippen molar-refractivity contribution in [2.24, 2.45) is 0 Å². The SMILES string of the molecule is CC(C)(C)n1cc(CN(CCO)C2CCCCC2)cn1. The van der Waals surface area contributed by atoms with E-state index in [9.17, 15) is 5.11 Å². The molecular formula is C16H29N3O. The third kappa shape index (κ3) is 4.06. The molecule has 1 aliphatic rings. The highest BCUT2D eigenvalue weighted by Gasteiger charge is 2.22. The molecule has 0 unspecified atom stereocenters. The third-order valence-corrected chi connectivity index (χ3v) is 4.19. The molecule has 114 valence electrons. The summed E-state index contributed by atoms with van der Waals surface area (Å²) in [7, 11) is 0. The van der Waals surface area contributed by atoms with Crippen LogP contribution < -0.4 is 0 Å². The van der Waals surface area contributed by atoms with Crippen molar-refractivity contribution >= 4 is 0 Å². The molecule has 1 aromatic heterocycles.